The molecule has 0 heterocycles. The molecule has 0 atom stereocenters. The Bertz CT molecular complexity index is 2640. The highest BCUT2D eigenvalue weighted by atomic mass is 14.3. The van der Waals surface area contributed by atoms with Gasteiger partial charge in [-0.2, -0.15) is 0 Å². The van der Waals surface area contributed by atoms with Crippen LogP contribution in [0.1, 0.15) is 11.1 Å². The number of benzene rings is 9. The molecule has 0 heteroatoms. The van der Waals surface area contributed by atoms with Crippen molar-refractivity contribution in [1.29, 1.82) is 0 Å². The van der Waals surface area contributed by atoms with E-state index in [1.54, 1.807) is 0 Å². The number of fused-ring (bicyclic) bond motifs is 8. The van der Waals surface area contributed by atoms with E-state index in [9.17, 15) is 0 Å². The van der Waals surface area contributed by atoms with Crippen molar-refractivity contribution in [3.8, 4) is 44.5 Å². The Kier molecular flexibility index (Phi) is 5.74. The first kappa shape index (κ1) is 26.3. The van der Waals surface area contributed by atoms with Crippen LogP contribution in [-0.4, -0.2) is 0 Å². The molecular weight excluding hydrogens is 565 g/mol. The third-order valence-corrected chi connectivity index (χ3v) is 10.3. The van der Waals surface area contributed by atoms with E-state index in [0.29, 0.717) is 0 Å². The van der Waals surface area contributed by atoms with E-state index in [1.807, 2.05) is 0 Å². The van der Waals surface area contributed by atoms with Crippen molar-refractivity contribution in [3.63, 3.8) is 0 Å². The molecule has 0 spiro atoms. The third kappa shape index (κ3) is 3.95. The van der Waals surface area contributed by atoms with Gasteiger partial charge in [0.1, 0.15) is 0 Å². The summed E-state index contributed by atoms with van der Waals surface area (Å²) >= 11 is 0. The molecule has 0 N–H and O–H groups in total. The molecule has 0 radical (unpaired) electrons. The van der Waals surface area contributed by atoms with Gasteiger partial charge in [-0.15, -0.1) is 0 Å². The highest BCUT2D eigenvalue weighted by Gasteiger charge is 2.23. The highest BCUT2D eigenvalue weighted by molar-refractivity contribution is 6.24. The van der Waals surface area contributed by atoms with Crippen LogP contribution in [0.3, 0.4) is 0 Å². The van der Waals surface area contributed by atoms with E-state index < -0.39 is 0 Å². The fraction of sp³-hybridized carbons (Fsp3) is 0.0213. The summed E-state index contributed by atoms with van der Waals surface area (Å²) in [5, 5.41) is 10.4. The second-order valence-corrected chi connectivity index (χ2v) is 12.8. The first-order valence-electron chi connectivity index (χ1n) is 16.5. The highest BCUT2D eigenvalue weighted by Crippen LogP contribution is 2.48. The second kappa shape index (κ2) is 10.3. The first-order chi connectivity index (χ1) is 23.3. The molecule has 0 aromatic heterocycles. The molecule has 0 bridgehead atoms. The van der Waals surface area contributed by atoms with Crippen LogP contribution in [0.5, 0.6) is 0 Å². The standard InChI is InChI=1S/C47H30/c1-2-12-30(13-3-1)35-26-27-43(37-17-7-6-16-36(35)37)47-41-20-10-8-18-39(41)46(40-19-9-11-21-42(40)47)33-23-22-32-28-45-34-15-5-4-14-31(34)24-25-38(45)44(32)29-33/h1-27,29H,28H2. The summed E-state index contributed by atoms with van der Waals surface area (Å²) in [5.41, 5.74) is 13.3. The molecule has 9 aromatic rings. The van der Waals surface area contributed by atoms with Gasteiger partial charge in [0, 0.05) is 0 Å². The molecule has 218 valence electrons. The fourth-order valence-corrected chi connectivity index (χ4v) is 8.22. The van der Waals surface area contributed by atoms with Gasteiger partial charge in [0.25, 0.3) is 0 Å². The van der Waals surface area contributed by atoms with Crippen molar-refractivity contribution >= 4 is 43.1 Å². The van der Waals surface area contributed by atoms with Gasteiger partial charge in [0.2, 0.25) is 0 Å². The largest absolute Gasteiger partial charge is 0.0622 e. The van der Waals surface area contributed by atoms with Crippen molar-refractivity contribution in [2.75, 3.05) is 0 Å². The van der Waals surface area contributed by atoms with E-state index in [-0.39, 0.29) is 0 Å². The van der Waals surface area contributed by atoms with E-state index in [2.05, 4.69) is 170 Å². The van der Waals surface area contributed by atoms with Gasteiger partial charge in [-0.25, -0.2) is 0 Å². The minimum atomic E-state index is 0.985. The SMILES string of the molecule is c1ccc(-c2ccc(-c3c4ccccc4c(-c4ccc5c(c4)-c4ccc6ccccc6c4C5)c4ccccc34)c3ccccc23)cc1. The normalized spacial score (nSPS) is 12.2. The minimum absolute atomic E-state index is 0.985. The Morgan fingerprint density at radius 3 is 1.53 bits per heavy atom. The molecule has 0 unspecified atom stereocenters. The van der Waals surface area contributed by atoms with Crippen LogP contribution in [0.2, 0.25) is 0 Å². The zero-order chi connectivity index (χ0) is 30.9. The molecule has 10 rings (SSSR count). The lowest BCUT2D eigenvalue weighted by Gasteiger charge is -2.20. The lowest BCUT2D eigenvalue weighted by atomic mass is 9.83. The van der Waals surface area contributed by atoms with Crippen molar-refractivity contribution < 1.29 is 0 Å². The fourth-order valence-electron chi connectivity index (χ4n) is 8.22. The zero-order valence-electron chi connectivity index (χ0n) is 25.9. The summed E-state index contributed by atoms with van der Waals surface area (Å²) in [4.78, 5) is 0. The smallest absolute Gasteiger partial charge is 0.000728 e. The maximum atomic E-state index is 2.45. The van der Waals surface area contributed by atoms with Crippen LogP contribution < -0.4 is 0 Å². The van der Waals surface area contributed by atoms with Gasteiger partial charge in [0.05, 0.1) is 0 Å². The molecule has 1 aliphatic carbocycles. The average molecular weight is 595 g/mol. The van der Waals surface area contributed by atoms with Gasteiger partial charge in [-0.1, -0.05) is 164 Å². The molecule has 1 aliphatic rings. The van der Waals surface area contributed by atoms with Crippen molar-refractivity contribution in [2.45, 2.75) is 6.42 Å². The van der Waals surface area contributed by atoms with E-state index in [4.69, 9.17) is 0 Å². The summed E-state index contributed by atoms with van der Waals surface area (Å²) < 4.78 is 0. The molecule has 47 heavy (non-hydrogen) atoms. The summed E-state index contributed by atoms with van der Waals surface area (Å²) in [5.74, 6) is 0. The van der Waals surface area contributed by atoms with Crippen LogP contribution in [0, 0.1) is 0 Å². The van der Waals surface area contributed by atoms with Gasteiger partial charge in [-0.05, 0) is 111 Å². The maximum absolute atomic E-state index is 2.45. The van der Waals surface area contributed by atoms with E-state index in [1.165, 1.54) is 98.7 Å². The molecule has 9 aromatic carbocycles. The predicted molar refractivity (Wildman–Crippen MR) is 201 cm³/mol. The lowest BCUT2D eigenvalue weighted by molar-refractivity contribution is 1.28. The van der Waals surface area contributed by atoms with Gasteiger partial charge < -0.3 is 0 Å². The zero-order valence-corrected chi connectivity index (χ0v) is 25.9. The molecule has 0 saturated carbocycles. The number of rotatable bonds is 3. The van der Waals surface area contributed by atoms with Crippen LogP contribution in [0.25, 0.3) is 87.6 Å². The Morgan fingerprint density at radius 1 is 0.298 bits per heavy atom. The molecular formula is C47H30. The van der Waals surface area contributed by atoms with Crippen molar-refractivity contribution in [2.24, 2.45) is 0 Å². The minimum Gasteiger partial charge on any atom is -0.0622 e. The third-order valence-electron chi connectivity index (χ3n) is 10.3. The second-order valence-electron chi connectivity index (χ2n) is 12.8. The summed E-state index contributed by atoms with van der Waals surface area (Å²) in [7, 11) is 0. The van der Waals surface area contributed by atoms with Gasteiger partial charge in [0.15, 0.2) is 0 Å². The van der Waals surface area contributed by atoms with Crippen LogP contribution >= 0.6 is 0 Å². The quantitative estimate of drug-likeness (QED) is 0.179. The van der Waals surface area contributed by atoms with Gasteiger partial charge in [-0.3, -0.25) is 0 Å². The average Bonchev–Trinajstić information content (AvgIpc) is 3.52. The Morgan fingerprint density at radius 2 is 0.830 bits per heavy atom. The Balaban J connectivity index is 1.24. The van der Waals surface area contributed by atoms with Gasteiger partial charge >= 0.3 is 0 Å². The summed E-state index contributed by atoms with van der Waals surface area (Å²) in [6.45, 7) is 0. The van der Waals surface area contributed by atoms with E-state index >= 15 is 0 Å². The first-order valence-corrected chi connectivity index (χ1v) is 16.5. The van der Waals surface area contributed by atoms with Crippen LogP contribution in [-0.2, 0) is 6.42 Å². The maximum Gasteiger partial charge on any atom is -0.000728 e. The topological polar surface area (TPSA) is 0 Å². The molecule has 0 saturated heterocycles. The molecule has 0 amide bonds. The lowest BCUT2D eigenvalue weighted by Crippen LogP contribution is -1.93. The van der Waals surface area contributed by atoms with Crippen molar-refractivity contribution in [3.05, 3.63) is 181 Å². The molecule has 0 fully saturated rings. The number of hydrogen-bond acceptors (Lipinski definition) is 0. The predicted octanol–water partition coefficient (Wildman–Crippen LogP) is 12.9. The Labute approximate surface area is 274 Å². The molecule has 0 nitrogen and oxygen atoms in total. The summed E-state index contributed by atoms with van der Waals surface area (Å²) in [6.07, 6.45) is 0.985. The summed E-state index contributed by atoms with van der Waals surface area (Å²) in [6, 6.07) is 62.9. The number of hydrogen-bond donors (Lipinski definition) is 0. The van der Waals surface area contributed by atoms with Crippen LogP contribution in [0.4, 0.5) is 0 Å². The monoisotopic (exact) mass is 594 g/mol. The Hall–Kier alpha value is -5.98. The van der Waals surface area contributed by atoms with Crippen molar-refractivity contribution in [1.82, 2.24) is 0 Å². The molecule has 0 aliphatic heterocycles. The van der Waals surface area contributed by atoms with E-state index in [0.717, 1.165) is 6.42 Å². The van der Waals surface area contributed by atoms with Crippen LogP contribution in [0.15, 0.2) is 170 Å².